The Labute approximate surface area is 135 Å². The predicted molar refractivity (Wildman–Crippen MR) is 83.8 cm³/mol. The first-order chi connectivity index (χ1) is 11.2. The molecule has 1 aromatic heterocycles. The molecule has 2 aromatic rings. The van der Waals surface area contributed by atoms with Crippen molar-refractivity contribution >= 4 is 0 Å². The van der Waals surface area contributed by atoms with Gasteiger partial charge in [0.15, 0.2) is 0 Å². The first-order valence-electron chi connectivity index (χ1n) is 7.66. The molecule has 23 heavy (non-hydrogen) atoms. The lowest BCUT2D eigenvalue weighted by atomic mass is 10.1. The Morgan fingerprint density at radius 2 is 2.13 bits per heavy atom. The third kappa shape index (κ3) is 4.13. The molecule has 1 aliphatic heterocycles. The van der Waals surface area contributed by atoms with Crippen LogP contribution in [0.4, 0.5) is 4.39 Å². The summed E-state index contributed by atoms with van der Waals surface area (Å²) in [6, 6.07) is 10.5. The van der Waals surface area contributed by atoms with Crippen LogP contribution in [0.1, 0.15) is 23.1 Å². The summed E-state index contributed by atoms with van der Waals surface area (Å²) in [6.45, 7) is 2.81. The topological polar surface area (TPSA) is 49.2 Å². The van der Waals surface area contributed by atoms with Crippen LogP contribution < -0.4 is 0 Å². The maximum atomic E-state index is 13.9. The number of benzene rings is 1. The minimum atomic E-state index is -0.315. The molecule has 1 saturated heterocycles. The number of pyridine rings is 1. The minimum Gasteiger partial charge on any atom is -0.372 e. The Kier molecular flexibility index (Phi) is 4.96. The van der Waals surface area contributed by atoms with Crippen molar-refractivity contribution < 1.29 is 9.13 Å². The van der Waals surface area contributed by atoms with Crippen molar-refractivity contribution in [2.45, 2.75) is 25.7 Å². The molecule has 0 amide bonds. The molecular weight excluding hydrogens is 293 g/mol. The van der Waals surface area contributed by atoms with Crippen LogP contribution in [-0.2, 0) is 17.9 Å². The SMILES string of the molecule is N#Cc1ccc(CN2CC[C@@H](OCc3ccncc3)C2)c(F)c1. The van der Waals surface area contributed by atoms with Crippen LogP contribution in [0.15, 0.2) is 42.7 Å². The molecule has 1 fully saturated rings. The smallest absolute Gasteiger partial charge is 0.129 e. The molecule has 4 nitrogen and oxygen atoms in total. The van der Waals surface area contributed by atoms with E-state index in [1.807, 2.05) is 18.2 Å². The van der Waals surface area contributed by atoms with E-state index in [2.05, 4.69) is 9.88 Å². The summed E-state index contributed by atoms with van der Waals surface area (Å²) in [5.74, 6) is -0.315. The van der Waals surface area contributed by atoms with Crippen molar-refractivity contribution in [2.75, 3.05) is 13.1 Å². The fourth-order valence-electron chi connectivity index (χ4n) is 2.76. The van der Waals surface area contributed by atoms with Gasteiger partial charge in [0.2, 0.25) is 0 Å². The quantitative estimate of drug-likeness (QED) is 0.852. The maximum Gasteiger partial charge on any atom is 0.129 e. The Bertz CT molecular complexity index is 699. The lowest BCUT2D eigenvalue weighted by Gasteiger charge is -2.17. The number of nitrogens with zero attached hydrogens (tertiary/aromatic N) is 3. The monoisotopic (exact) mass is 311 g/mol. The average Bonchev–Trinajstić information content (AvgIpc) is 3.03. The minimum absolute atomic E-state index is 0.171. The zero-order chi connectivity index (χ0) is 16.1. The van der Waals surface area contributed by atoms with Crippen molar-refractivity contribution in [3.63, 3.8) is 0 Å². The molecule has 0 unspecified atom stereocenters. The van der Waals surface area contributed by atoms with E-state index in [1.165, 1.54) is 6.07 Å². The van der Waals surface area contributed by atoms with E-state index in [9.17, 15) is 4.39 Å². The number of halogens is 1. The van der Waals surface area contributed by atoms with Gasteiger partial charge in [0.05, 0.1) is 24.3 Å². The van der Waals surface area contributed by atoms with Gasteiger partial charge in [0, 0.05) is 37.6 Å². The first kappa shape index (κ1) is 15.6. The summed E-state index contributed by atoms with van der Waals surface area (Å²) < 4.78 is 19.9. The Hall–Kier alpha value is -2.29. The Morgan fingerprint density at radius 3 is 2.87 bits per heavy atom. The van der Waals surface area contributed by atoms with Gasteiger partial charge < -0.3 is 4.74 Å². The van der Waals surface area contributed by atoms with Gasteiger partial charge in [-0.15, -0.1) is 0 Å². The molecule has 118 valence electrons. The predicted octanol–water partition coefficient (Wildman–Crippen LogP) is 2.88. The maximum absolute atomic E-state index is 13.9. The Morgan fingerprint density at radius 1 is 1.30 bits per heavy atom. The van der Waals surface area contributed by atoms with Gasteiger partial charge in [-0.2, -0.15) is 5.26 Å². The number of rotatable bonds is 5. The lowest BCUT2D eigenvalue weighted by molar-refractivity contribution is 0.0460. The molecule has 1 aliphatic rings. The molecule has 0 N–H and O–H groups in total. The number of aromatic nitrogens is 1. The summed E-state index contributed by atoms with van der Waals surface area (Å²) in [6.07, 6.45) is 4.63. The van der Waals surface area contributed by atoms with Crippen LogP contribution in [0, 0.1) is 17.1 Å². The molecule has 0 saturated carbocycles. The van der Waals surface area contributed by atoms with E-state index in [1.54, 1.807) is 24.5 Å². The zero-order valence-electron chi connectivity index (χ0n) is 12.8. The van der Waals surface area contributed by atoms with E-state index in [4.69, 9.17) is 10.00 Å². The van der Waals surface area contributed by atoms with Crippen LogP contribution in [0.2, 0.25) is 0 Å². The van der Waals surface area contributed by atoms with Crippen LogP contribution in [-0.4, -0.2) is 29.1 Å². The van der Waals surface area contributed by atoms with E-state index in [0.29, 0.717) is 24.3 Å². The largest absolute Gasteiger partial charge is 0.372 e. The van der Waals surface area contributed by atoms with Crippen molar-refractivity contribution in [1.29, 1.82) is 5.26 Å². The van der Waals surface area contributed by atoms with Gasteiger partial charge in [-0.1, -0.05) is 6.07 Å². The van der Waals surface area contributed by atoms with Crippen molar-refractivity contribution in [2.24, 2.45) is 0 Å². The van der Waals surface area contributed by atoms with E-state index in [0.717, 1.165) is 25.1 Å². The number of hydrogen-bond acceptors (Lipinski definition) is 4. The summed E-state index contributed by atoms with van der Waals surface area (Å²) >= 11 is 0. The number of ether oxygens (including phenoxy) is 1. The van der Waals surface area contributed by atoms with Crippen molar-refractivity contribution in [3.8, 4) is 6.07 Å². The van der Waals surface area contributed by atoms with Gasteiger partial charge in [-0.25, -0.2) is 4.39 Å². The van der Waals surface area contributed by atoms with Gasteiger partial charge in [0.1, 0.15) is 5.82 Å². The second-order valence-corrected chi connectivity index (χ2v) is 5.73. The second kappa shape index (κ2) is 7.32. The van der Waals surface area contributed by atoms with Crippen LogP contribution in [0.5, 0.6) is 0 Å². The molecule has 5 heteroatoms. The molecule has 1 atom stereocenters. The summed E-state index contributed by atoms with van der Waals surface area (Å²) in [7, 11) is 0. The van der Waals surface area contributed by atoms with Gasteiger partial charge in [-0.05, 0) is 36.2 Å². The second-order valence-electron chi connectivity index (χ2n) is 5.73. The van der Waals surface area contributed by atoms with Gasteiger partial charge >= 0.3 is 0 Å². The Balaban J connectivity index is 1.51. The van der Waals surface area contributed by atoms with E-state index < -0.39 is 0 Å². The van der Waals surface area contributed by atoms with E-state index in [-0.39, 0.29) is 11.9 Å². The lowest BCUT2D eigenvalue weighted by Crippen LogP contribution is -2.23. The highest BCUT2D eigenvalue weighted by atomic mass is 19.1. The molecule has 3 rings (SSSR count). The third-order valence-corrected chi connectivity index (χ3v) is 4.04. The summed E-state index contributed by atoms with van der Waals surface area (Å²) in [5, 5.41) is 8.78. The van der Waals surface area contributed by atoms with Gasteiger partial charge in [0.25, 0.3) is 0 Å². The molecule has 2 heterocycles. The highest BCUT2D eigenvalue weighted by Crippen LogP contribution is 2.19. The molecule has 0 spiro atoms. The average molecular weight is 311 g/mol. The highest BCUT2D eigenvalue weighted by molar-refractivity contribution is 5.32. The van der Waals surface area contributed by atoms with Crippen LogP contribution in [0.25, 0.3) is 0 Å². The van der Waals surface area contributed by atoms with Crippen molar-refractivity contribution in [3.05, 3.63) is 65.2 Å². The summed E-state index contributed by atoms with van der Waals surface area (Å²) in [5.41, 5.74) is 2.08. The molecule has 1 aromatic carbocycles. The molecule has 0 aliphatic carbocycles. The van der Waals surface area contributed by atoms with E-state index >= 15 is 0 Å². The van der Waals surface area contributed by atoms with Crippen LogP contribution in [0.3, 0.4) is 0 Å². The summed E-state index contributed by atoms with van der Waals surface area (Å²) in [4.78, 5) is 6.17. The zero-order valence-corrected chi connectivity index (χ0v) is 12.8. The standard InChI is InChI=1S/C18H18FN3O/c19-18-9-15(10-20)1-2-16(18)11-22-8-5-17(12-22)23-13-14-3-6-21-7-4-14/h1-4,6-7,9,17H,5,8,11-13H2/t17-/m1/s1. The fourth-order valence-corrected chi connectivity index (χ4v) is 2.76. The van der Waals surface area contributed by atoms with Crippen LogP contribution >= 0.6 is 0 Å². The van der Waals surface area contributed by atoms with Gasteiger partial charge in [-0.3, -0.25) is 9.88 Å². The molecule has 0 radical (unpaired) electrons. The number of likely N-dealkylation sites (tertiary alicyclic amines) is 1. The molecule has 0 bridgehead atoms. The van der Waals surface area contributed by atoms with Crippen molar-refractivity contribution in [1.82, 2.24) is 9.88 Å². The molecular formula is C18H18FN3O. The number of nitriles is 1. The normalized spacial score (nSPS) is 18.0. The highest BCUT2D eigenvalue weighted by Gasteiger charge is 2.23. The first-order valence-corrected chi connectivity index (χ1v) is 7.66. The number of hydrogen-bond donors (Lipinski definition) is 0. The fraction of sp³-hybridized carbons (Fsp3) is 0.333. The third-order valence-electron chi connectivity index (χ3n) is 4.04.